The van der Waals surface area contributed by atoms with Crippen molar-refractivity contribution in [2.45, 2.75) is 38.0 Å². The van der Waals surface area contributed by atoms with Crippen LogP contribution < -0.4 is 0 Å². The van der Waals surface area contributed by atoms with Gasteiger partial charge in [0, 0.05) is 162 Å². The summed E-state index contributed by atoms with van der Waals surface area (Å²) in [5.41, 5.74) is 26.1. The van der Waals surface area contributed by atoms with Crippen molar-refractivity contribution in [2.24, 2.45) is 0 Å². The monoisotopic (exact) mass is 1380 g/mol. The van der Waals surface area contributed by atoms with Gasteiger partial charge in [0.1, 0.15) is 0 Å². The van der Waals surface area contributed by atoms with Crippen molar-refractivity contribution in [2.75, 3.05) is 0 Å². The molecule has 0 radical (unpaired) electrons. The van der Waals surface area contributed by atoms with E-state index in [1.807, 2.05) is 45.3 Å². The summed E-state index contributed by atoms with van der Waals surface area (Å²) in [6.07, 6.45) is 0.848. The molecule has 1 unspecified atom stereocenters. The normalized spacial score (nSPS) is 15.5. The highest BCUT2D eigenvalue weighted by atomic mass is 32.1. The summed E-state index contributed by atoms with van der Waals surface area (Å²) in [5.74, 6) is 0. The molecule has 25 aromatic rings. The fraction of sp³-hybridized carbons (Fsp3) is 0.0625. The second-order valence-electron chi connectivity index (χ2n) is 30.7. The van der Waals surface area contributed by atoms with Crippen LogP contribution >= 0.6 is 45.3 Å². The maximum atomic E-state index is 2.72. The van der Waals surface area contributed by atoms with E-state index < -0.39 is 0 Å². The van der Waals surface area contributed by atoms with E-state index in [1.54, 1.807) is 0 Å². The number of para-hydroxylation sites is 2. The first-order chi connectivity index (χ1) is 50.7. The number of aromatic nitrogens is 3. The zero-order chi connectivity index (χ0) is 66.7. The molecule has 0 amide bonds. The Balaban J connectivity index is 0.725. The Hall–Kier alpha value is -11.4. The molecule has 0 bridgehead atoms. The van der Waals surface area contributed by atoms with Crippen LogP contribution in [0.4, 0.5) is 0 Å². The molecule has 0 aliphatic heterocycles. The van der Waals surface area contributed by atoms with Crippen molar-refractivity contribution >= 4 is 240 Å². The fourth-order valence-electron chi connectivity index (χ4n) is 21.1. The molecule has 10 heterocycles. The van der Waals surface area contributed by atoms with E-state index in [0.717, 1.165) is 6.42 Å². The predicted octanol–water partition coefficient (Wildman–Crippen LogP) is 28.1. The molecule has 1 atom stereocenters. The van der Waals surface area contributed by atoms with Crippen molar-refractivity contribution in [3.05, 3.63) is 283 Å². The number of rotatable bonds is 3. The maximum absolute atomic E-state index is 2.72. The van der Waals surface area contributed by atoms with Crippen LogP contribution in [0.3, 0.4) is 0 Å². The number of fused-ring (bicyclic) bond motifs is 38. The molecule has 27 rings (SSSR count). The first-order valence-corrected chi connectivity index (χ1v) is 39.2. The minimum absolute atomic E-state index is 0.111. The lowest BCUT2D eigenvalue weighted by molar-refractivity contribution is 0.584. The molecule has 0 saturated carbocycles. The molecule has 2 aliphatic rings. The highest BCUT2D eigenvalue weighted by molar-refractivity contribution is 7.27. The van der Waals surface area contributed by atoms with E-state index in [4.69, 9.17) is 0 Å². The summed E-state index contributed by atoms with van der Waals surface area (Å²) in [6.45, 7) is 7.37. The molecule has 0 saturated heterocycles. The highest BCUT2D eigenvalue weighted by Crippen LogP contribution is 2.59. The number of nitrogens with zero attached hydrogens (tertiary/aromatic N) is 3. The lowest BCUT2D eigenvalue weighted by Gasteiger charge is -2.28. The summed E-state index contributed by atoms with van der Waals surface area (Å²) < 4.78 is 18.6. The predicted molar refractivity (Wildman–Crippen MR) is 447 cm³/mol. The van der Waals surface area contributed by atoms with Gasteiger partial charge in [0.2, 0.25) is 0 Å². The van der Waals surface area contributed by atoms with E-state index in [0.29, 0.717) is 0 Å². The van der Waals surface area contributed by atoms with Crippen molar-refractivity contribution in [1.82, 2.24) is 13.2 Å². The zero-order valence-corrected chi connectivity index (χ0v) is 59.2. The lowest BCUT2D eigenvalue weighted by atomic mass is 9.75. The van der Waals surface area contributed by atoms with Crippen molar-refractivity contribution in [3.8, 4) is 33.4 Å². The summed E-state index contributed by atoms with van der Waals surface area (Å²) in [6, 6.07) is 100. The lowest BCUT2D eigenvalue weighted by Crippen LogP contribution is -2.24. The summed E-state index contributed by atoms with van der Waals surface area (Å²) in [7, 11) is 0. The molecule has 0 N–H and O–H groups in total. The van der Waals surface area contributed by atoms with E-state index >= 15 is 0 Å². The molecule has 3 nitrogen and oxygen atoms in total. The smallest absolute Gasteiger partial charge is 0.0627 e. The van der Waals surface area contributed by atoms with Gasteiger partial charge in [0.05, 0.1) is 49.7 Å². The molecular formula is C96H53N3S4. The van der Waals surface area contributed by atoms with Gasteiger partial charge in [0.15, 0.2) is 0 Å². The Kier molecular flexibility index (Phi) is 9.53. The van der Waals surface area contributed by atoms with Gasteiger partial charge in [0.25, 0.3) is 0 Å². The minimum atomic E-state index is -0.332. The average molecular weight is 1380 g/mol. The van der Waals surface area contributed by atoms with Crippen LogP contribution in [0.15, 0.2) is 255 Å². The fourth-order valence-corrected chi connectivity index (χ4v) is 25.6. The van der Waals surface area contributed by atoms with Crippen LogP contribution in [-0.4, -0.2) is 13.2 Å². The third kappa shape index (κ3) is 6.31. The average Bonchev–Trinajstić information content (AvgIpc) is 1.52. The second kappa shape index (κ2) is 18.1. The van der Waals surface area contributed by atoms with Gasteiger partial charge in [-0.05, 0) is 159 Å². The van der Waals surface area contributed by atoms with Gasteiger partial charge >= 0.3 is 0 Å². The second-order valence-corrected chi connectivity index (χ2v) is 35.0. The van der Waals surface area contributed by atoms with Crippen LogP contribution in [0, 0.1) is 0 Å². The van der Waals surface area contributed by atoms with Crippen molar-refractivity contribution < 1.29 is 0 Å². The third-order valence-electron chi connectivity index (χ3n) is 25.4. The van der Waals surface area contributed by atoms with Crippen molar-refractivity contribution in [3.63, 3.8) is 0 Å². The van der Waals surface area contributed by atoms with Crippen LogP contribution in [-0.2, 0) is 17.3 Å². The Labute approximate surface area is 602 Å². The van der Waals surface area contributed by atoms with E-state index in [9.17, 15) is 0 Å². The van der Waals surface area contributed by atoms with Crippen LogP contribution in [0.25, 0.3) is 228 Å². The Morgan fingerprint density at radius 2 is 0.748 bits per heavy atom. The summed E-state index contributed by atoms with van der Waals surface area (Å²) in [4.78, 5) is 0. The summed E-state index contributed by atoms with van der Waals surface area (Å²) >= 11 is 7.71. The van der Waals surface area contributed by atoms with Gasteiger partial charge in [-0.15, -0.1) is 45.3 Å². The number of hydrogen-bond acceptors (Lipinski definition) is 4. The summed E-state index contributed by atoms with van der Waals surface area (Å²) in [5, 5.41) is 26.5. The molecule has 103 heavy (non-hydrogen) atoms. The van der Waals surface area contributed by atoms with Gasteiger partial charge < -0.3 is 13.2 Å². The molecule has 7 heteroatoms. The van der Waals surface area contributed by atoms with Crippen LogP contribution in [0.2, 0.25) is 0 Å². The van der Waals surface area contributed by atoms with Gasteiger partial charge in [-0.2, -0.15) is 0 Å². The quantitative estimate of drug-likeness (QED) is 0.167. The maximum Gasteiger partial charge on any atom is 0.0627 e. The van der Waals surface area contributed by atoms with E-state index in [-0.39, 0.29) is 10.8 Å². The first kappa shape index (κ1) is 54.3. The minimum Gasteiger partial charge on any atom is -0.308 e. The number of benzene rings is 15. The third-order valence-corrected chi connectivity index (χ3v) is 29.9. The van der Waals surface area contributed by atoms with Gasteiger partial charge in [-0.3, -0.25) is 0 Å². The van der Waals surface area contributed by atoms with Crippen molar-refractivity contribution in [1.29, 1.82) is 0 Å². The molecule has 0 fully saturated rings. The number of thiophene rings is 4. The van der Waals surface area contributed by atoms with Gasteiger partial charge in [-0.25, -0.2) is 0 Å². The van der Waals surface area contributed by atoms with Crippen LogP contribution in [0.5, 0.6) is 0 Å². The Morgan fingerprint density at radius 1 is 0.233 bits per heavy atom. The van der Waals surface area contributed by atoms with E-state index in [1.165, 1.54) is 256 Å². The highest BCUT2D eigenvalue weighted by Gasteiger charge is 2.42. The largest absolute Gasteiger partial charge is 0.308 e. The molecule has 2 aliphatic carbocycles. The molecule has 0 spiro atoms. The van der Waals surface area contributed by atoms with Crippen LogP contribution in [0.1, 0.15) is 48.6 Å². The first-order valence-electron chi connectivity index (χ1n) is 36.0. The molecule has 476 valence electrons. The molecule has 10 aromatic heterocycles. The SMILES string of the molecule is CC1(C)c2ccccc2-c2cc3c4cccc5c6cc7c(cc6n(c3cc21)c45)C(C)(Cc1ccc2sc3cc(-c4ccc5c6cc8c(cc6n6c9cc%10sc%11ccccc%11c%10cc9c4c56)sc4ccccc48)c4c(c5cccc6c8c9c(ccc8n4c65)sc4ccccc49)c3c2c1)c1ccccc1-7. The molecular weight excluding hydrogens is 1320 g/mol. The standard InChI is InChI=1S/C96H53N3S4/c1-95(2)69-25-9-4-16-48(69)59-37-61-53-21-14-22-54-62-38-60-49-17-5-10-26-70(49)96(3,72(60)43-75(62)97(91(53)54)74(61)42-71(59)95)46-47-30-34-81-68(36-47)89-85(103-81)41-66(94-90(89)58-24-15-23-57-87-73(99(94)92(57)58)33-35-82-88(87)56-20-8-13-29-80(56)100-82)52-31-32-55-63-39-64-50-18-6-11-27-78(50)101-83(64)44-76(63)98-77-45-84-65(40-67(77)86(52)93(55)98)51-19-7-12-28-79(51)102-84/h4-45H,46H2,1-3H3. The zero-order valence-electron chi connectivity index (χ0n) is 55.9. The van der Waals surface area contributed by atoms with Gasteiger partial charge in [-0.1, -0.05) is 178 Å². The Bertz CT molecular complexity index is 8340. The topological polar surface area (TPSA) is 13.2 Å². The Morgan fingerprint density at radius 3 is 1.50 bits per heavy atom. The van der Waals surface area contributed by atoms with E-state index in [2.05, 4.69) is 289 Å². The molecule has 15 aromatic carbocycles. The number of hydrogen-bond donors (Lipinski definition) is 0.